The zero-order valence-electron chi connectivity index (χ0n) is 15.2. The minimum atomic E-state index is -0.315. The van der Waals surface area contributed by atoms with Gasteiger partial charge in [0.15, 0.2) is 0 Å². The van der Waals surface area contributed by atoms with Gasteiger partial charge in [-0.15, -0.1) is 0 Å². The van der Waals surface area contributed by atoms with E-state index < -0.39 is 0 Å². The van der Waals surface area contributed by atoms with Gasteiger partial charge in [-0.25, -0.2) is 4.39 Å². The maximum absolute atomic E-state index is 13.5. The summed E-state index contributed by atoms with van der Waals surface area (Å²) in [5.41, 5.74) is 2.86. The molecule has 0 unspecified atom stereocenters. The van der Waals surface area contributed by atoms with Crippen molar-refractivity contribution in [1.82, 2.24) is 4.90 Å². The molecule has 1 saturated heterocycles. The van der Waals surface area contributed by atoms with E-state index in [0.29, 0.717) is 19.6 Å². The maximum Gasteiger partial charge on any atom is 0.232 e. The van der Waals surface area contributed by atoms with E-state index in [9.17, 15) is 14.0 Å². The highest BCUT2D eigenvalue weighted by molar-refractivity contribution is 5.99. The summed E-state index contributed by atoms with van der Waals surface area (Å²) in [4.78, 5) is 29.0. The molecule has 2 heterocycles. The van der Waals surface area contributed by atoms with Crippen LogP contribution in [0.5, 0.6) is 0 Å². The van der Waals surface area contributed by atoms with Crippen LogP contribution in [-0.2, 0) is 22.4 Å². The number of benzene rings is 2. The fourth-order valence-corrected chi connectivity index (χ4v) is 4.08. The molecule has 5 heteroatoms. The Morgan fingerprint density at radius 2 is 1.96 bits per heavy atom. The van der Waals surface area contributed by atoms with E-state index in [2.05, 4.69) is 0 Å². The van der Waals surface area contributed by atoms with Crippen molar-refractivity contribution in [3.63, 3.8) is 0 Å². The lowest BCUT2D eigenvalue weighted by molar-refractivity contribution is -0.128. The van der Waals surface area contributed by atoms with Crippen molar-refractivity contribution < 1.29 is 14.0 Å². The van der Waals surface area contributed by atoms with E-state index in [1.165, 1.54) is 17.7 Å². The summed E-state index contributed by atoms with van der Waals surface area (Å²) in [7, 11) is 0. The van der Waals surface area contributed by atoms with Crippen LogP contribution in [0.4, 0.5) is 10.1 Å². The molecule has 0 radical (unpaired) electrons. The Bertz CT molecular complexity index is 853. The van der Waals surface area contributed by atoms with Gasteiger partial charge in [-0.1, -0.05) is 30.3 Å². The highest BCUT2D eigenvalue weighted by Crippen LogP contribution is 2.31. The van der Waals surface area contributed by atoms with E-state index in [0.717, 1.165) is 30.5 Å². The third-order valence-corrected chi connectivity index (χ3v) is 5.50. The fraction of sp³-hybridized carbons (Fsp3) is 0.364. The van der Waals surface area contributed by atoms with Gasteiger partial charge in [-0.2, -0.15) is 0 Å². The van der Waals surface area contributed by atoms with Crippen LogP contribution in [0.25, 0.3) is 0 Å². The second-order valence-electron chi connectivity index (χ2n) is 7.34. The Kier molecular flexibility index (Phi) is 4.92. The average Bonchev–Trinajstić information content (AvgIpc) is 3.06. The van der Waals surface area contributed by atoms with Crippen LogP contribution in [0.2, 0.25) is 0 Å². The van der Waals surface area contributed by atoms with Crippen LogP contribution in [0.15, 0.2) is 48.5 Å². The zero-order chi connectivity index (χ0) is 18.8. The standard InChI is InChI=1S/C22H23FN2O2/c23-19-8-9-20-17(13-19)7-4-11-25(20)22(27)18-14-21(26)24(15-18)12-10-16-5-2-1-3-6-16/h1-3,5-6,8-9,13,18H,4,7,10-12,14-15H2/t18-/m0/s1. The summed E-state index contributed by atoms with van der Waals surface area (Å²) < 4.78 is 13.5. The molecule has 0 N–H and O–H groups in total. The molecular formula is C22H23FN2O2. The molecule has 2 amide bonds. The van der Waals surface area contributed by atoms with Crippen molar-refractivity contribution in [2.24, 2.45) is 5.92 Å². The number of anilines is 1. The van der Waals surface area contributed by atoms with Crippen molar-refractivity contribution in [3.8, 4) is 0 Å². The van der Waals surface area contributed by atoms with Crippen molar-refractivity contribution in [1.29, 1.82) is 0 Å². The zero-order valence-corrected chi connectivity index (χ0v) is 15.2. The summed E-state index contributed by atoms with van der Waals surface area (Å²) in [6.45, 7) is 1.73. The number of hydrogen-bond donors (Lipinski definition) is 0. The summed E-state index contributed by atoms with van der Waals surface area (Å²) in [6.07, 6.45) is 2.66. The molecule has 0 aromatic heterocycles. The summed E-state index contributed by atoms with van der Waals surface area (Å²) in [5.74, 6) is -0.561. The van der Waals surface area contributed by atoms with Gasteiger partial charge in [-0.05, 0) is 48.6 Å². The highest BCUT2D eigenvalue weighted by atomic mass is 19.1. The topological polar surface area (TPSA) is 40.6 Å². The first-order chi connectivity index (χ1) is 13.1. The minimum absolute atomic E-state index is 0.0156. The Balaban J connectivity index is 1.43. The Hall–Kier alpha value is -2.69. The largest absolute Gasteiger partial charge is 0.342 e. The smallest absolute Gasteiger partial charge is 0.232 e. The van der Waals surface area contributed by atoms with Crippen molar-refractivity contribution in [2.45, 2.75) is 25.7 Å². The van der Waals surface area contributed by atoms with Gasteiger partial charge in [-0.3, -0.25) is 9.59 Å². The molecule has 2 aliphatic heterocycles. The minimum Gasteiger partial charge on any atom is -0.342 e. The number of rotatable bonds is 4. The lowest BCUT2D eigenvalue weighted by Crippen LogP contribution is -2.40. The van der Waals surface area contributed by atoms with Crippen LogP contribution in [-0.4, -0.2) is 36.3 Å². The molecule has 0 bridgehead atoms. The van der Waals surface area contributed by atoms with Crippen LogP contribution in [0.3, 0.4) is 0 Å². The molecule has 2 aromatic rings. The van der Waals surface area contributed by atoms with Crippen molar-refractivity contribution in [3.05, 3.63) is 65.5 Å². The van der Waals surface area contributed by atoms with Crippen LogP contribution in [0, 0.1) is 11.7 Å². The number of hydrogen-bond acceptors (Lipinski definition) is 2. The molecule has 1 fully saturated rings. The molecule has 0 saturated carbocycles. The van der Waals surface area contributed by atoms with E-state index in [1.54, 1.807) is 15.9 Å². The third kappa shape index (κ3) is 3.72. The van der Waals surface area contributed by atoms with Gasteiger partial charge in [0.05, 0.1) is 5.92 Å². The quantitative estimate of drug-likeness (QED) is 0.834. The molecule has 2 aliphatic rings. The van der Waals surface area contributed by atoms with Gasteiger partial charge in [0.1, 0.15) is 5.82 Å². The second kappa shape index (κ2) is 7.51. The number of nitrogens with zero attached hydrogens (tertiary/aromatic N) is 2. The summed E-state index contributed by atoms with van der Waals surface area (Å²) in [6, 6.07) is 14.7. The third-order valence-electron chi connectivity index (χ3n) is 5.50. The van der Waals surface area contributed by atoms with Crippen LogP contribution < -0.4 is 4.90 Å². The number of carbonyl (C=O) groups is 2. The predicted octanol–water partition coefficient (Wildman–Crippen LogP) is 3.20. The Morgan fingerprint density at radius 1 is 1.15 bits per heavy atom. The Labute approximate surface area is 158 Å². The molecule has 27 heavy (non-hydrogen) atoms. The van der Waals surface area contributed by atoms with E-state index in [-0.39, 0.29) is 30.0 Å². The van der Waals surface area contributed by atoms with Gasteiger partial charge >= 0.3 is 0 Å². The van der Waals surface area contributed by atoms with Crippen molar-refractivity contribution in [2.75, 3.05) is 24.5 Å². The molecule has 4 nitrogen and oxygen atoms in total. The van der Waals surface area contributed by atoms with E-state index in [1.807, 2.05) is 30.3 Å². The predicted molar refractivity (Wildman–Crippen MR) is 102 cm³/mol. The number of halogens is 1. The summed E-state index contributed by atoms with van der Waals surface area (Å²) in [5, 5.41) is 0. The van der Waals surface area contributed by atoms with E-state index in [4.69, 9.17) is 0 Å². The van der Waals surface area contributed by atoms with Gasteiger partial charge in [0.2, 0.25) is 11.8 Å². The molecule has 4 rings (SSSR count). The molecule has 2 aromatic carbocycles. The molecular weight excluding hydrogens is 343 g/mol. The number of aryl methyl sites for hydroxylation is 1. The maximum atomic E-state index is 13.5. The lowest BCUT2D eigenvalue weighted by atomic mass is 9.99. The van der Waals surface area contributed by atoms with E-state index >= 15 is 0 Å². The number of amides is 2. The monoisotopic (exact) mass is 366 g/mol. The SMILES string of the molecule is O=C1C[C@H](C(=O)N2CCCc3cc(F)ccc32)CN1CCc1ccccc1. The van der Waals surface area contributed by atoms with Gasteiger partial charge in [0.25, 0.3) is 0 Å². The first-order valence-corrected chi connectivity index (χ1v) is 9.53. The normalized spacial score (nSPS) is 19.3. The first-order valence-electron chi connectivity index (χ1n) is 9.53. The molecule has 0 aliphatic carbocycles. The van der Waals surface area contributed by atoms with Crippen LogP contribution in [0.1, 0.15) is 24.0 Å². The van der Waals surface area contributed by atoms with Gasteiger partial charge in [0, 0.05) is 31.7 Å². The number of fused-ring (bicyclic) bond motifs is 1. The van der Waals surface area contributed by atoms with Crippen molar-refractivity contribution >= 4 is 17.5 Å². The number of likely N-dealkylation sites (tertiary alicyclic amines) is 1. The first kappa shape index (κ1) is 17.7. The molecule has 140 valence electrons. The molecule has 1 atom stereocenters. The number of carbonyl (C=O) groups excluding carboxylic acids is 2. The average molecular weight is 366 g/mol. The summed E-state index contributed by atoms with van der Waals surface area (Å²) >= 11 is 0. The molecule has 0 spiro atoms. The second-order valence-corrected chi connectivity index (χ2v) is 7.34. The lowest BCUT2D eigenvalue weighted by Gasteiger charge is -2.31. The van der Waals surface area contributed by atoms with Gasteiger partial charge < -0.3 is 9.80 Å². The van der Waals surface area contributed by atoms with Crippen LogP contribution >= 0.6 is 0 Å². The fourth-order valence-electron chi connectivity index (χ4n) is 4.08. The Morgan fingerprint density at radius 3 is 2.78 bits per heavy atom. The highest BCUT2D eigenvalue weighted by Gasteiger charge is 2.37.